The first-order valence-electron chi connectivity index (χ1n) is 4.32. The van der Waals surface area contributed by atoms with E-state index in [1.54, 1.807) is 11.0 Å². The second kappa shape index (κ2) is 5.33. The van der Waals surface area contributed by atoms with E-state index in [4.69, 9.17) is 9.84 Å². The highest BCUT2D eigenvalue weighted by Gasteiger charge is 2.15. The molecule has 1 N–H and O–H groups in total. The predicted octanol–water partition coefficient (Wildman–Crippen LogP) is 0.158. The van der Waals surface area contributed by atoms with Gasteiger partial charge in [0.1, 0.15) is 12.7 Å². The lowest BCUT2D eigenvalue weighted by Crippen LogP contribution is -2.22. The number of carbonyl (C=O) groups is 1. The second-order valence-electron chi connectivity index (χ2n) is 2.86. The van der Waals surface area contributed by atoms with Crippen LogP contribution in [0.1, 0.15) is 12.8 Å². The number of carboxylic acids is 1. The van der Waals surface area contributed by atoms with Gasteiger partial charge >= 0.3 is 5.97 Å². The molecule has 1 unspecified atom stereocenters. The molecule has 0 radical (unpaired) electrons. The average molecular weight is 199 g/mol. The van der Waals surface area contributed by atoms with Crippen LogP contribution in [0.4, 0.5) is 0 Å². The minimum atomic E-state index is -0.925. The van der Waals surface area contributed by atoms with Crippen molar-refractivity contribution in [1.82, 2.24) is 14.8 Å². The van der Waals surface area contributed by atoms with Gasteiger partial charge in [0.15, 0.2) is 6.10 Å². The molecule has 1 aromatic rings. The van der Waals surface area contributed by atoms with Crippen molar-refractivity contribution in [2.75, 3.05) is 7.11 Å². The van der Waals surface area contributed by atoms with Gasteiger partial charge < -0.3 is 9.84 Å². The number of aliphatic carboxylic acids is 1. The maximum atomic E-state index is 10.6. The summed E-state index contributed by atoms with van der Waals surface area (Å²) in [5.74, 6) is -0.925. The van der Waals surface area contributed by atoms with Gasteiger partial charge in [-0.3, -0.25) is 4.68 Å². The summed E-state index contributed by atoms with van der Waals surface area (Å²) in [5, 5.41) is 12.6. The van der Waals surface area contributed by atoms with Crippen molar-refractivity contribution in [2.45, 2.75) is 25.5 Å². The Morgan fingerprint density at radius 3 is 3.00 bits per heavy atom. The molecule has 0 saturated carbocycles. The Balaban J connectivity index is 2.23. The molecule has 78 valence electrons. The summed E-state index contributed by atoms with van der Waals surface area (Å²) in [6.45, 7) is 0.660. The number of carboxylic acid groups (broad SMARTS) is 1. The van der Waals surface area contributed by atoms with Crippen LogP contribution >= 0.6 is 0 Å². The van der Waals surface area contributed by atoms with Crippen LogP contribution in [0.15, 0.2) is 12.7 Å². The summed E-state index contributed by atoms with van der Waals surface area (Å²) >= 11 is 0. The average Bonchev–Trinajstić information content (AvgIpc) is 2.64. The third kappa shape index (κ3) is 3.14. The first kappa shape index (κ1) is 10.6. The number of hydrogen-bond donors (Lipinski definition) is 1. The highest BCUT2D eigenvalue weighted by atomic mass is 16.5. The molecule has 1 rings (SSSR count). The van der Waals surface area contributed by atoms with E-state index in [2.05, 4.69) is 10.1 Å². The number of methoxy groups -OCH3 is 1. The summed E-state index contributed by atoms with van der Waals surface area (Å²) < 4.78 is 6.45. The number of hydrogen-bond acceptors (Lipinski definition) is 4. The monoisotopic (exact) mass is 199 g/mol. The molecule has 0 aliphatic heterocycles. The van der Waals surface area contributed by atoms with Crippen molar-refractivity contribution in [1.29, 1.82) is 0 Å². The number of ether oxygens (including phenoxy) is 1. The van der Waals surface area contributed by atoms with Crippen molar-refractivity contribution in [3.8, 4) is 0 Å². The van der Waals surface area contributed by atoms with Crippen LogP contribution in [0.25, 0.3) is 0 Å². The highest BCUT2D eigenvalue weighted by molar-refractivity contribution is 5.72. The molecule has 0 aliphatic carbocycles. The predicted molar refractivity (Wildman–Crippen MR) is 47.7 cm³/mol. The van der Waals surface area contributed by atoms with Crippen LogP contribution in [0, 0.1) is 0 Å². The standard InChI is InChI=1S/C8H13N3O3/c1-14-7(8(12)13)3-2-4-11-6-9-5-10-11/h5-7H,2-4H2,1H3,(H,12,13). The van der Waals surface area contributed by atoms with Gasteiger partial charge in [0.25, 0.3) is 0 Å². The zero-order valence-electron chi connectivity index (χ0n) is 7.96. The summed E-state index contributed by atoms with van der Waals surface area (Å²) in [6.07, 6.45) is 3.51. The lowest BCUT2D eigenvalue weighted by atomic mass is 10.2. The molecule has 14 heavy (non-hydrogen) atoms. The van der Waals surface area contributed by atoms with Crippen molar-refractivity contribution in [3.05, 3.63) is 12.7 Å². The fraction of sp³-hybridized carbons (Fsp3) is 0.625. The van der Waals surface area contributed by atoms with Crippen LogP contribution in [0.5, 0.6) is 0 Å². The van der Waals surface area contributed by atoms with Crippen LogP contribution < -0.4 is 0 Å². The van der Waals surface area contributed by atoms with E-state index in [0.29, 0.717) is 19.4 Å². The van der Waals surface area contributed by atoms with Gasteiger partial charge in [0.05, 0.1) is 0 Å². The van der Waals surface area contributed by atoms with E-state index in [1.165, 1.54) is 13.4 Å². The minimum absolute atomic E-state index is 0.478. The zero-order chi connectivity index (χ0) is 10.4. The molecule has 1 aromatic heterocycles. The van der Waals surface area contributed by atoms with Gasteiger partial charge in [-0.15, -0.1) is 0 Å². The summed E-state index contributed by atoms with van der Waals surface area (Å²) in [4.78, 5) is 14.3. The van der Waals surface area contributed by atoms with E-state index in [-0.39, 0.29) is 0 Å². The first-order valence-corrected chi connectivity index (χ1v) is 4.32. The Hall–Kier alpha value is -1.43. The van der Waals surface area contributed by atoms with Gasteiger partial charge in [-0.25, -0.2) is 9.78 Å². The quantitative estimate of drug-likeness (QED) is 0.706. The lowest BCUT2D eigenvalue weighted by molar-refractivity contribution is -0.148. The molecule has 0 aliphatic rings. The molecular formula is C8H13N3O3. The number of aromatic nitrogens is 3. The van der Waals surface area contributed by atoms with Crippen molar-refractivity contribution in [2.24, 2.45) is 0 Å². The first-order chi connectivity index (χ1) is 6.74. The van der Waals surface area contributed by atoms with Crippen molar-refractivity contribution < 1.29 is 14.6 Å². The van der Waals surface area contributed by atoms with Crippen LogP contribution in [0.2, 0.25) is 0 Å². The number of nitrogens with zero attached hydrogens (tertiary/aromatic N) is 3. The highest BCUT2D eigenvalue weighted by Crippen LogP contribution is 2.02. The molecule has 0 fully saturated rings. The van der Waals surface area contributed by atoms with E-state index in [0.717, 1.165) is 0 Å². The van der Waals surface area contributed by atoms with E-state index in [9.17, 15) is 4.79 Å². The zero-order valence-corrected chi connectivity index (χ0v) is 7.96. The van der Waals surface area contributed by atoms with E-state index in [1.807, 2.05) is 0 Å². The second-order valence-corrected chi connectivity index (χ2v) is 2.86. The normalized spacial score (nSPS) is 12.6. The molecule has 0 bridgehead atoms. The maximum absolute atomic E-state index is 10.6. The maximum Gasteiger partial charge on any atom is 0.332 e. The minimum Gasteiger partial charge on any atom is -0.479 e. The van der Waals surface area contributed by atoms with Gasteiger partial charge in [-0.05, 0) is 12.8 Å². The molecule has 1 atom stereocenters. The molecular weight excluding hydrogens is 186 g/mol. The molecule has 0 saturated heterocycles. The molecule has 6 heteroatoms. The molecule has 0 spiro atoms. The Bertz CT molecular complexity index is 273. The summed E-state index contributed by atoms with van der Waals surface area (Å²) in [5.41, 5.74) is 0. The van der Waals surface area contributed by atoms with E-state index >= 15 is 0 Å². The Labute approximate surface area is 81.5 Å². The lowest BCUT2D eigenvalue weighted by Gasteiger charge is -2.09. The molecule has 0 aromatic carbocycles. The molecule has 6 nitrogen and oxygen atoms in total. The van der Waals surface area contributed by atoms with Crippen molar-refractivity contribution in [3.63, 3.8) is 0 Å². The Morgan fingerprint density at radius 2 is 2.50 bits per heavy atom. The van der Waals surface area contributed by atoms with Crippen LogP contribution in [0.3, 0.4) is 0 Å². The van der Waals surface area contributed by atoms with Gasteiger partial charge in [0, 0.05) is 13.7 Å². The fourth-order valence-electron chi connectivity index (χ4n) is 1.13. The fourth-order valence-corrected chi connectivity index (χ4v) is 1.13. The molecule has 0 amide bonds. The van der Waals surface area contributed by atoms with E-state index < -0.39 is 12.1 Å². The smallest absolute Gasteiger partial charge is 0.332 e. The largest absolute Gasteiger partial charge is 0.479 e. The van der Waals surface area contributed by atoms with Gasteiger partial charge in [-0.2, -0.15) is 5.10 Å². The van der Waals surface area contributed by atoms with Gasteiger partial charge in [0.2, 0.25) is 0 Å². The molecule has 1 heterocycles. The summed E-state index contributed by atoms with van der Waals surface area (Å²) in [7, 11) is 1.40. The summed E-state index contributed by atoms with van der Waals surface area (Å²) in [6, 6.07) is 0. The SMILES string of the molecule is COC(CCCn1cncn1)C(=O)O. The Morgan fingerprint density at radius 1 is 1.71 bits per heavy atom. The third-order valence-corrected chi connectivity index (χ3v) is 1.88. The van der Waals surface area contributed by atoms with Crippen LogP contribution in [-0.4, -0.2) is 39.1 Å². The number of aryl methyl sites for hydroxylation is 1. The number of rotatable bonds is 6. The third-order valence-electron chi connectivity index (χ3n) is 1.88. The van der Waals surface area contributed by atoms with Crippen LogP contribution in [-0.2, 0) is 16.1 Å². The van der Waals surface area contributed by atoms with Crippen molar-refractivity contribution >= 4 is 5.97 Å². The topological polar surface area (TPSA) is 77.2 Å². The Kier molecular flexibility index (Phi) is 4.06. The van der Waals surface area contributed by atoms with Gasteiger partial charge in [-0.1, -0.05) is 0 Å².